The molecule has 0 N–H and O–H groups in total. The molecule has 1 aromatic heterocycles. The molecule has 26 heavy (non-hydrogen) atoms. The van der Waals surface area contributed by atoms with E-state index in [1.165, 1.54) is 80.4 Å². The van der Waals surface area contributed by atoms with Crippen molar-refractivity contribution in [1.82, 2.24) is 4.90 Å². The number of hydrogen-bond donors (Lipinski definition) is 0. The molecule has 1 aliphatic heterocycles. The molecule has 0 saturated carbocycles. The normalized spacial score (nSPS) is 14.9. The third kappa shape index (κ3) is 5.94. The first-order valence-electron chi connectivity index (χ1n) is 10.6. The Morgan fingerprint density at radius 3 is 1.77 bits per heavy atom. The molecule has 0 spiro atoms. The highest BCUT2D eigenvalue weighted by Crippen LogP contribution is 2.29. The molecule has 2 rings (SSSR count). The molecule has 146 valence electrons. The highest BCUT2D eigenvalue weighted by atomic mass is 32.1. The van der Waals surface area contributed by atoms with Crippen molar-refractivity contribution in [2.45, 2.75) is 90.9 Å². The predicted molar refractivity (Wildman–Crippen MR) is 110 cm³/mol. The van der Waals surface area contributed by atoms with Crippen LogP contribution in [-0.2, 0) is 0 Å². The number of amides is 2. The smallest absolute Gasteiger partial charge is 0.262 e. The summed E-state index contributed by atoms with van der Waals surface area (Å²) < 4.78 is 0. The fourth-order valence-electron chi connectivity index (χ4n) is 3.84. The van der Waals surface area contributed by atoms with Gasteiger partial charge in [0.15, 0.2) is 0 Å². The summed E-state index contributed by atoms with van der Waals surface area (Å²) in [7, 11) is 0. The van der Waals surface area contributed by atoms with Gasteiger partial charge in [0, 0.05) is 17.3 Å². The fourth-order valence-corrected chi connectivity index (χ4v) is 4.63. The fraction of sp³-hybridized carbons (Fsp3) is 0.727. The van der Waals surface area contributed by atoms with E-state index in [0.29, 0.717) is 23.6 Å². The lowest BCUT2D eigenvalue weighted by molar-refractivity contribution is 0.0621. The second-order valence-electron chi connectivity index (χ2n) is 7.69. The molecule has 0 aromatic carbocycles. The molecule has 2 heterocycles. The summed E-state index contributed by atoms with van der Waals surface area (Å²) in [5.74, 6) is 0.305. The first-order chi connectivity index (χ1) is 12.7. The van der Waals surface area contributed by atoms with Crippen LogP contribution in [0, 0.1) is 5.92 Å². The van der Waals surface area contributed by atoms with Crippen molar-refractivity contribution in [2.75, 3.05) is 6.54 Å². The lowest BCUT2D eigenvalue weighted by Gasteiger charge is -2.23. The molecular formula is C22H35NO2S. The molecule has 0 saturated heterocycles. The lowest BCUT2D eigenvalue weighted by atomic mass is 9.93. The number of carbonyl (C=O) groups excluding carboxylic acids is 2. The van der Waals surface area contributed by atoms with Crippen LogP contribution in [0.3, 0.4) is 0 Å². The highest BCUT2D eigenvalue weighted by Gasteiger charge is 2.37. The van der Waals surface area contributed by atoms with Crippen LogP contribution < -0.4 is 0 Å². The Bertz CT molecular complexity index is 536. The van der Waals surface area contributed by atoms with Gasteiger partial charge in [0.05, 0.1) is 11.1 Å². The summed E-state index contributed by atoms with van der Waals surface area (Å²) in [6, 6.07) is 0. The van der Waals surface area contributed by atoms with Gasteiger partial charge in [-0.15, -0.1) is 0 Å². The summed E-state index contributed by atoms with van der Waals surface area (Å²) in [5, 5.41) is 3.64. The summed E-state index contributed by atoms with van der Waals surface area (Å²) in [5.41, 5.74) is 1.23. The maximum atomic E-state index is 12.5. The van der Waals surface area contributed by atoms with E-state index in [1.807, 2.05) is 10.8 Å². The maximum Gasteiger partial charge on any atom is 0.262 e. The Morgan fingerprint density at radius 2 is 1.23 bits per heavy atom. The Balaban J connectivity index is 1.83. The van der Waals surface area contributed by atoms with Crippen molar-refractivity contribution in [3.8, 4) is 0 Å². The molecule has 0 fully saturated rings. The number of unbranched alkanes of at least 4 members (excludes halogenated alkanes) is 8. The van der Waals surface area contributed by atoms with Crippen LogP contribution in [0.2, 0.25) is 0 Å². The Labute approximate surface area is 163 Å². The second-order valence-corrected chi connectivity index (χ2v) is 8.44. The van der Waals surface area contributed by atoms with Gasteiger partial charge in [0.25, 0.3) is 11.8 Å². The monoisotopic (exact) mass is 377 g/mol. The molecule has 1 aromatic rings. The number of fused-ring (bicyclic) bond motifs is 1. The van der Waals surface area contributed by atoms with Gasteiger partial charge >= 0.3 is 0 Å². The molecule has 0 aliphatic carbocycles. The summed E-state index contributed by atoms with van der Waals surface area (Å²) in [4.78, 5) is 26.6. The van der Waals surface area contributed by atoms with Gasteiger partial charge in [-0.3, -0.25) is 14.5 Å². The van der Waals surface area contributed by atoms with E-state index >= 15 is 0 Å². The van der Waals surface area contributed by atoms with Gasteiger partial charge in [0.1, 0.15) is 0 Å². The van der Waals surface area contributed by atoms with Gasteiger partial charge in [0.2, 0.25) is 0 Å². The zero-order valence-corrected chi connectivity index (χ0v) is 17.4. The predicted octanol–water partition coefficient (Wildman–Crippen LogP) is 6.68. The van der Waals surface area contributed by atoms with E-state index in [-0.39, 0.29) is 11.8 Å². The molecular weight excluding hydrogens is 342 g/mol. The molecule has 0 bridgehead atoms. The van der Waals surface area contributed by atoms with Crippen LogP contribution in [-0.4, -0.2) is 23.3 Å². The van der Waals surface area contributed by atoms with Crippen molar-refractivity contribution in [1.29, 1.82) is 0 Å². The highest BCUT2D eigenvalue weighted by molar-refractivity contribution is 7.08. The van der Waals surface area contributed by atoms with Crippen molar-refractivity contribution in [2.24, 2.45) is 5.92 Å². The first-order valence-corrected chi connectivity index (χ1v) is 11.6. The van der Waals surface area contributed by atoms with Crippen molar-refractivity contribution >= 4 is 23.2 Å². The number of imide groups is 1. The Hall–Kier alpha value is -1.16. The molecule has 1 atom stereocenters. The van der Waals surface area contributed by atoms with Gasteiger partial charge in [-0.05, 0) is 18.8 Å². The van der Waals surface area contributed by atoms with Gasteiger partial charge in [-0.2, -0.15) is 11.3 Å². The van der Waals surface area contributed by atoms with Crippen LogP contribution in [0.5, 0.6) is 0 Å². The van der Waals surface area contributed by atoms with Crippen molar-refractivity contribution in [3.63, 3.8) is 0 Å². The quantitative estimate of drug-likeness (QED) is 0.268. The maximum absolute atomic E-state index is 12.5. The van der Waals surface area contributed by atoms with Crippen molar-refractivity contribution in [3.05, 3.63) is 21.9 Å². The summed E-state index contributed by atoms with van der Waals surface area (Å²) >= 11 is 1.44. The van der Waals surface area contributed by atoms with E-state index in [9.17, 15) is 9.59 Å². The number of nitrogens with zero attached hydrogens (tertiary/aromatic N) is 1. The standard InChI is InChI=1S/C22H35NO2S/c1-3-5-7-9-10-12-14-18(13-11-8-6-4-2)15-23-21(24)19-16-26-17-20(19)22(23)25/h16-18H,3-15H2,1-2H3. The van der Waals surface area contributed by atoms with Gasteiger partial charge in [-0.25, -0.2) is 0 Å². The molecule has 1 unspecified atom stereocenters. The van der Waals surface area contributed by atoms with Gasteiger partial charge in [-0.1, -0.05) is 78.1 Å². The number of carbonyl (C=O) groups is 2. The Morgan fingerprint density at radius 1 is 0.769 bits per heavy atom. The Kier molecular flexibility index (Phi) is 9.38. The van der Waals surface area contributed by atoms with E-state index in [4.69, 9.17) is 0 Å². The van der Waals surface area contributed by atoms with E-state index < -0.39 is 0 Å². The molecule has 1 aliphatic rings. The zero-order chi connectivity index (χ0) is 18.8. The minimum absolute atomic E-state index is 0.0762. The van der Waals surface area contributed by atoms with Crippen LogP contribution in [0.1, 0.15) is 112 Å². The minimum atomic E-state index is -0.0762. The summed E-state index contributed by atoms with van der Waals surface area (Å²) in [6.07, 6.45) is 15.0. The molecule has 4 heteroatoms. The van der Waals surface area contributed by atoms with E-state index in [0.717, 1.165) is 12.8 Å². The zero-order valence-electron chi connectivity index (χ0n) is 16.6. The SMILES string of the molecule is CCCCCCCCC(CCCCCC)CN1C(=O)c2cscc2C1=O. The van der Waals surface area contributed by atoms with Crippen LogP contribution in [0.15, 0.2) is 10.8 Å². The van der Waals surface area contributed by atoms with Crippen molar-refractivity contribution < 1.29 is 9.59 Å². The van der Waals surface area contributed by atoms with Crippen LogP contribution >= 0.6 is 11.3 Å². The molecule has 3 nitrogen and oxygen atoms in total. The third-order valence-corrected chi connectivity index (χ3v) is 6.23. The topological polar surface area (TPSA) is 37.4 Å². The minimum Gasteiger partial charge on any atom is -0.274 e. The largest absolute Gasteiger partial charge is 0.274 e. The van der Waals surface area contributed by atoms with Gasteiger partial charge < -0.3 is 0 Å². The average Bonchev–Trinajstić information content (AvgIpc) is 3.20. The average molecular weight is 378 g/mol. The van der Waals surface area contributed by atoms with Crippen LogP contribution in [0.4, 0.5) is 0 Å². The first kappa shape index (κ1) is 21.1. The van der Waals surface area contributed by atoms with E-state index in [1.54, 1.807) is 0 Å². The summed E-state index contributed by atoms with van der Waals surface area (Å²) in [6.45, 7) is 5.08. The number of thiophene rings is 1. The number of rotatable bonds is 14. The van der Waals surface area contributed by atoms with Crippen LogP contribution in [0.25, 0.3) is 0 Å². The third-order valence-electron chi connectivity index (χ3n) is 5.49. The van der Waals surface area contributed by atoms with E-state index in [2.05, 4.69) is 13.8 Å². The lowest BCUT2D eigenvalue weighted by Crippen LogP contribution is -2.34. The number of hydrogen-bond acceptors (Lipinski definition) is 3. The molecule has 2 amide bonds. The molecule has 0 radical (unpaired) electrons. The second kappa shape index (κ2) is 11.5.